The van der Waals surface area contributed by atoms with Crippen LogP contribution in [0.25, 0.3) is 0 Å². The van der Waals surface area contributed by atoms with Gasteiger partial charge < -0.3 is 9.84 Å². The van der Waals surface area contributed by atoms with Gasteiger partial charge in [0.1, 0.15) is 17.7 Å². The van der Waals surface area contributed by atoms with Crippen LogP contribution in [0.5, 0.6) is 0 Å². The van der Waals surface area contributed by atoms with Crippen molar-refractivity contribution in [2.24, 2.45) is 0 Å². The summed E-state index contributed by atoms with van der Waals surface area (Å²) in [7, 11) is 0. The number of carboxylic acid groups (broad SMARTS) is 1. The Bertz CT molecular complexity index is 378. The predicted octanol–water partition coefficient (Wildman–Crippen LogP) is -0.480. The van der Waals surface area contributed by atoms with Gasteiger partial charge in [-0.3, -0.25) is 14.5 Å². The monoisotopic (exact) mass is 225 g/mol. The lowest BCUT2D eigenvalue weighted by Gasteiger charge is -2.34. The number of fused-ring (bicyclic) bond motifs is 2. The Kier molecular flexibility index (Phi) is 1.72. The normalized spacial score (nSPS) is 35.4. The Balaban J connectivity index is 1.98. The summed E-state index contributed by atoms with van der Waals surface area (Å²) in [6.07, 6.45) is 0.528. The Hall–Kier alpha value is -1.43. The highest BCUT2D eigenvalue weighted by Crippen LogP contribution is 2.45. The average Bonchev–Trinajstić information content (AvgIpc) is 2.91. The minimum Gasteiger partial charge on any atom is -0.479 e. The molecule has 16 heavy (non-hydrogen) atoms. The summed E-state index contributed by atoms with van der Waals surface area (Å²) in [4.78, 5) is 35.9. The van der Waals surface area contributed by atoms with Crippen LogP contribution in [0.2, 0.25) is 0 Å². The van der Waals surface area contributed by atoms with E-state index in [1.807, 2.05) is 0 Å². The van der Waals surface area contributed by atoms with Crippen LogP contribution in [0.1, 0.15) is 25.7 Å². The lowest BCUT2D eigenvalue weighted by Crippen LogP contribution is -2.59. The third-order valence-electron chi connectivity index (χ3n) is 3.56. The maximum absolute atomic E-state index is 11.9. The smallest absolute Gasteiger partial charge is 0.330 e. The first-order chi connectivity index (χ1) is 7.56. The minimum absolute atomic E-state index is 0.360. The molecule has 2 unspecified atom stereocenters. The fourth-order valence-corrected chi connectivity index (χ4v) is 2.47. The van der Waals surface area contributed by atoms with Gasteiger partial charge in [-0.1, -0.05) is 0 Å². The summed E-state index contributed by atoms with van der Waals surface area (Å²) >= 11 is 0. The molecule has 3 aliphatic rings. The second-order valence-electron chi connectivity index (χ2n) is 4.54. The first-order valence-corrected chi connectivity index (χ1v) is 5.33. The van der Waals surface area contributed by atoms with E-state index in [9.17, 15) is 14.4 Å². The van der Waals surface area contributed by atoms with E-state index < -0.39 is 35.5 Å². The van der Waals surface area contributed by atoms with Crippen LogP contribution in [0.4, 0.5) is 0 Å². The van der Waals surface area contributed by atoms with Gasteiger partial charge in [0.25, 0.3) is 11.8 Å². The van der Waals surface area contributed by atoms with Crippen LogP contribution >= 0.6 is 0 Å². The van der Waals surface area contributed by atoms with Crippen molar-refractivity contribution >= 4 is 17.8 Å². The van der Waals surface area contributed by atoms with E-state index >= 15 is 0 Å². The van der Waals surface area contributed by atoms with E-state index in [-0.39, 0.29) is 0 Å². The van der Waals surface area contributed by atoms with Crippen LogP contribution in [-0.2, 0) is 19.1 Å². The third-order valence-corrected chi connectivity index (χ3v) is 3.56. The Morgan fingerprint density at radius 2 is 1.75 bits per heavy atom. The standard InChI is InChI=1S/C10H11NO5/c12-7-5-1-2-6(16-5)8(13)11(7)10(3-4-10)9(14)15/h5-6H,1-4H2,(H,14,15). The quantitative estimate of drug-likeness (QED) is 0.642. The molecule has 1 aliphatic carbocycles. The highest BCUT2D eigenvalue weighted by molar-refractivity contribution is 6.07. The first kappa shape index (κ1) is 9.77. The number of imide groups is 1. The molecule has 2 saturated heterocycles. The number of carboxylic acids is 1. The number of hydrogen-bond donors (Lipinski definition) is 1. The van der Waals surface area contributed by atoms with Crippen LogP contribution in [0.3, 0.4) is 0 Å². The summed E-state index contributed by atoms with van der Waals surface area (Å²) in [5.41, 5.74) is -1.27. The molecule has 86 valence electrons. The van der Waals surface area contributed by atoms with E-state index in [0.29, 0.717) is 25.7 Å². The fourth-order valence-electron chi connectivity index (χ4n) is 2.47. The van der Waals surface area contributed by atoms with Crippen molar-refractivity contribution in [2.75, 3.05) is 0 Å². The maximum atomic E-state index is 11.9. The van der Waals surface area contributed by atoms with Gasteiger partial charge in [-0.2, -0.15) is 0 Å². The molecule has 2 atom stereocenters. The number of carbonyl (C=O) groups excluding carboxylic acids is 2. The highest BCUT2D eigenvalue weighted by Gasteiger charge is 2.63. The molecule has 2 aliphatic heterocycles. The Labute approximate surface area is 91.2 Å². The number of morpholine rings is 1. The summed E-state index contributed by atoms with van der Waals surface area (Å²) < 4.78 is 5.22. The molecule has 3 fully saturated rings. The summed E-state index contributed by atoms with van der Waals surface area (Å²) in [5.74, 6) is -2.03. The molecule has 2 bridgehead atoms. The van der Waals surface area contributed by atoms with Gasteiger partial charge in [-0.05, 0) is 25.7 Å². The van der Waals surface area contributed by atoms with Crippen molar-refractivity contribution in [3.63, 3.8) is 0 Å². The molecular formula is C10H11NO5. The molecule has 3 rings (SSSR count). The molecule has 2 amide bonds. The van der Waals surface area contributed by atoms with E-state index in [1.54, 1.807) is 0 Å². The largest absolute Gasteiger partial charge is 0.479 e. The first-order valence-electron chi connectivity index (χ1n) is 5.33. The maximum Gasteiger partial charge on any atom is 0.330 e. The topological polar surface area (TPSA) is 83.9 Å². The van der Waals surface area contributed by atoms with Gasteiger partial charge in [0, 0.05) is 0 Å². The van der Waals surface area contributed by atoms with Gasteiger partial charge >= 0.3 is 5.97 Å². The van der Waals surface area contributed by atoms with E-state index in [1.165, 1.54) is 0 Å². The van der Waals surface area contributed by atoms with Gasteiger partial charge in [0.2, 0.25) is 0 Å². The second kappa shape index (κ2) is 2.82. The molecule has 0 aromatic heterocycles. The highest BCUT2D eigenvalue weighted by atomic mass is 16.5. The predicted molar refractivity (Wildman–Crippen MR) is 49.3 cm³/mol. The SMILES string of the molecule is O=C1C2CCC(O2)C(=O)N1C1(C(=O)O)CC1. The molecule has 1 N–H and O–H groups in total. The lowest BCUT2D eigenvalue weighted by atomic mass is 10.1. The molecule has 2 heterocycles. The minimum atomic E-state index is -1.27. The summed E-state index contributed by atoms with van der Waals surface area (Å²) in [6.45, 7) is 0. The average molecular weight is 225 g/mol. The zero-order valence-electron chi connectivity index (χ0n) is 8.51. The molecule has 6 heteroatoms. The molecule has 0 radical (unpaired) electrons. The van der Waals surface area contributed by atoms with Crippen molar-refractivity contribution in [3.8, 4) is 0 Å². The fraction of sp³-hybridized carbons (Fsp3) is 0.700. The van der Waals surface area contributed by atoms with Gasteiger partial charge in [0.05, 0.1) is 0 Å². The summed E-state index contributed by atoms with van der Waals surface area (Å²) in [5, 5.41) is 9.10. The van der Waals surface area contributed by atoms with Crippen molar-refractivity contribution < 1.29 is 24.2 Å². The number of hydrogen-bond acceptors (Lipinski definition) is 4. The van der Waals surface area contributed by atoms with Crippen molar-refractivity contribution in [1.29, 1.82) is 0 Å². The number of nitrogens with zero attached hydrogens (tertiary/aromatic N) is 1. The molecule has 6 nitrogen and oxygen atoms in total. The van der Waals surface area contributed by atoms with Gasteiger partial charge in [-0.15, -0.1) is 0 Å². The van der Waals surface area contributed by atoms with Crippen molar-refractivity contribution in [3.05, 3.63) is 0 Å². The van der Waals surface area contributed by atoms with E-state index in [4.69, 9.17) is 9.84 Å². The number of likely N-dealkylation sites (tertiary alicyclic amines) is 1. The van der Waals surface area contributed by atoms with Crippen molar-refractivity contribution in [2.45, 2.75) is 43.4 Å². The van der Waals surface area contributed by atoms with Crippen LogP contribution < -0.4 is 0 Å². The Morgan fingerprint density at radius 3 is 2.12 bits per heavy atom. The molecule has 1 saturated carbocycles. The molecular weight excluding hydrogens is 214 g/mol. The van der Waals surface area contributed by atoms with Crippen LogP contribution in [0, 0.1) is 0 Å². The zero-order valence-corrected chi connectivity index (χ0v) is 8.51. The number of carbonyl (C=O) groups is 3. The van der Waals surface area contributed by atoms with E-state index in [0.717, 1.165) is 4.90 Å². The van der Waals surface area contributed by atoms with Gasteiger partial charge in [0.15, 0.2) is 0 Å². The molecule has 0 spiro atoms. The molecule has 0 aromatic carbocycles. The summed E-state index contributed by atoms with van der Waals surface area (Å²) in [6, 6.07) is 0. The number of aliphatic carboxylic acids is 1. The van der Waals surface area contributed by atoms with E-state index in [2.05, 4.69) is 0 Å². The van der Waals surface area contributed by atoms with Crippen LogP contribution in [-0.4, -0.2) is 45.5 Å². The molecule has 0 aromatic rings. The Morgan fingerprint density at radius 1 is 1.25 bits per heavy atom. The second-order valence-corrected chi connectivity index (χ2v) is 4.54. The number of amides is 2. The van der Waals surface area contributed by atoms with Crippen molar-refractivity contribution in [1.82, 2.24) is 4.90 Å². The lowest BCUT2D eigenvalue weighted by molar-refractivity contribution is -0.178. The van der Waals surface area contributed by atoms with Gasteiger partial charge in [-0.25, -0.2) is 4.79 Å². The zero-order chi connectivity index (χ0) is 11.5. The number of ether oxygens (including phenoxy) is 1. The van der Waals surface area contributed by atoms with Crippen LogP contribution in [0.15, 0.2) is 0 Å². The number of rotatable bonds is 2. The third kappa shape index (κ3) is 1.02.